The van der Waals surface area contributed by atoms with E-state index < -0.39 is 10.0 Å². The summed E-state index contributed by atoms with van der Waals surface area (Å²) >= 11 is 1.29. The standard InChI is InChI=1S/C23H22N2O3S2/c1-4-14-25-20(22-16(3)28-21-9-7-6-8-19(21)22)15-29-23(25)24-30(26,27)18-12-10-17(5-2)11-13-18/h4,6-13,15H,1,5,14H2,2-3H3. The van der Waals surface area contributed by atoms with Crippen molar-refractivity contribution in [2.75, 3.05) is 0 Å². The normalized spacial score (nSPS) is 12.5. The van der Waals surface area contributed by atoms with Crippen molar-refractivity contribution >= 4 is 32.3 Å². The first-order valence-corrected chi connectivity index (χ1v) is 11.9. The third kappa shape index (κ3) is 3.66. The lowest BCUT2D eigenvalue weighted by Gasteiger charge is -2.06. The molecule has 0 saturated carbocycles. The van der Waals surface area contributed by atoms with Crippen molar-refractivity contribution in [1.29, 1.82) is 0 Å². The summed E-state index contributed by atoms with van der Waals surface area (Å²) in [6, 6.07) is 14.7. The van der Waals surface area contributed by atoms with Gasteiger partial charge in [-0.1, -0.05) is 43.3 Å². The highest BCUT2D eigenvalue weighted by Crippen LogP contribution is 2.34. The van der Waals surface area contributed by atoms with Gasteiger partial charge in [-0.2, -0.15) is 8.42 Å². The third-order valence-electron chi connectivity index (χ3n) is 4.96. The van der Waals surface area contributed by atoms with Crippen molar-refractivity contribution in [3.63, 3.8) is 0 Å². The number of fused-ring (bicyclic) bond motifs is 1. The van der Waals surface area contributed by atoms with E-state index in [-0.39, 0.29) is 4.90 Å². The number of para-hydroxylation sites is 1. The highest BCUT2D eigenvalue weighted by atomic mass is 32.2. The van der Waals surface area contributed by atoms with Gasteiger partial charge < -0.3 is 8.98 Å². The van der Waals surface area contributed by atoms with E-state index >= 15 is 0 Å². The maximum atomic E-state index is 12.9. The van der Waals surface area contributed by atoms with Crippen LogP contribution in [0, 0.1) is 6.92 Å². The fraction of sp³-hybridized carbons (Fsp3) is 0.174. The van der Waals surface area contributed by atoms with E-state index in [2.05, 4.69) is 11.0 Å². The predicted molar refractivity (Wildman–Crippen MR) is 121 cm³/mol. The molecule has 0 N–H and O–H groups in total. The number of furan rings is 1. The van der Waals surface area contributed by atoms with Crippen molar-refractivity contribution in [3.05, 3.63) is 82.7 Å². The van der Waals surface area contributed by atoms with Gasteiger partial charge >= 0.3 is 0 Å². The Kier molecular flexibility index (Phi) is 5.49. The average Bonchev–Trinajstić information content (AvgIpc) is 3.27. The predicted octanol–water partition coefficient (Wildman–Crippen LogP) is 5.31. The Morgan fingerprint density at radius 2 is 1.90 bits per heavy atom. The van der Waals surface area contributed by atoms with Crippen LogP contribution in [0.1, 0.15) is 18.2 Å². The van der Waals surface area contributed by atoms with Crippen LogP contribution in [0.5, 0.6) is 0 Å². The van der Waals surface area contributed by atoms with Gasteiger partial charge in [-0.25, -0.2) is 0 Å². The Bertz CT molecular complexity index is 1390. The number of rotatable bonds is 6. The van der Waals surface area contributed by atoms with E-state index in [1.54, 1.807) is 18.2 Å². The number of aryl methyl sites for hydroxylation is 2. The molecule has 4 rings (SSSR count). The van der Waals surface area contributed by atoms with E-state index in [4.69, 9.17) is 4.42 Å². The molecule has 5 nitrogen and oxygen atoms in total. The summed E-state index contributed by atoms with van der Waals surface area (Å²) in [4.78, 5) is 0.582. The Balaban J connectivity index is 1.88. The minimum atomic E-state index is -3.83. The van der Waals surface area contributed by atoms with Gasteiger partial charge in [0.15, 0.2) is 0 Å². The molecule has 2 aromatic heterocycles. The fourth-order valence-corrected chi connectivity index (χ4v) is 5.57. The second-order valence-corrected chi connectivity index (χ2v) is 9.34. The van der Waals surface area contributed by atoms with Crippen LogP contribution in [0.15, 0.2) is 80.3 Å². The van der Waals surface area contributed by atoms with Crippen molar-refractivity contribution in [2.45, 2.75) is 31.7 Å². The monoisotopic (exact) mass is 438 g/mol. The number of sulfonamides is 1. The highest BCUT2D eigenvalue weighted by molar-refractivity contribution is 7.90. The molecule has 0 fully saturated rings. The van der Waals surface area contributed by atoms with Gasteiger partial charge in [0.1, 0.15) is 11.3 Å². The molecule has 0 atom stereocenters. The molecule has 0 aliphatic heterocycles. The Morgan fingerprint density at radius 1 is 1.17 bits per heavy atom. The highest BCUT2D eigenvalue weighted by Gasteiger charge is 2.19. The molecule has 0 amide bonds. The number of hydrogen-bond acceptors (Lipinski definition) is 4. The van der Waals surface area contributed by atoms with Gasteiger partial charge in [0, 0.05) is 22.9 Å². The lowest BCUT2D eigenvalue weighted by atomic mass is 10.1. The summed E-state index contributed by atoms with van der Waals surface area (Å²) in [6.45, 7) is 8.20. The van der Waals surface area contributed by atoms with Gasteiger partial charge in [-0.05, 0) is 37.1 Å². The van der Waals surface area contributed by atoms with Crippen molar-refractivity contribution in [2.24, 2.45) is 4.40 Å². The van der Waals surface area contributed by atoms with E-state index in [0.717, 1.165) is 40.0 Å². The number of aromatic nitrogens is 1. The zero-order valence-corrected chi connectivity index (χ0v) is 18.5. The summed E-state index contributed by atoms with van der Waals surface area (Å²) in [5, 5.41) is 2.90. The number of allylic oxidation sites excluding steroid dienone is 1. The Morgan fingerprint density at radius 3 is 2.60 bits per heavy atom. The van der Waals surface area contributed by atoms with Crippen LogP contribution in [-0.2, 0) is 23.0 Å². The number of thiazole rings is 1. The van der Waals surface area contributed by atoms with E-state index in [1.807, 2.05) is 60.2 Å². The maximum absolute atomic E-state index is 12.9. The van der Waals surface area contributed by atoms with Crippen molar-refractivity contribution in [1.82, 2.24) is 4.57 Å². The zero-order chi connectivity index (χ0) is 21.3. The summed E-state index contributed by atoms with van der Waals surface area (Å²) in [7, 11) is -3.83. The second kappa shape index (κ2) is 8.08. The molecule has 2 heterocycles. The van der Waals surface area contributed by atoms with Crippen molar-refractivity contribution < 1.29 is 12.8 Å². The molecule has 0 aliphatic carbocycles. The molecule has 0 aliphatic rings. The largest absolute Gasteiger partial charge is 0.461 e. The molecule has 2 aromatic carbocycles. The van der Waals surface area contributed by atoms with Crippen LogP contribution < -0.4 is 4.80 Å². The molecule has 7 heteroatoms. The first-order valence-electron chi connectivity index (χ1n) is 9.62. The minimum absolute atomic E-state index is 0.185. The van der Waals surface area contributed by atoms with E-state index in [1.165, 1.54) is 11.3 Å². The Hall–Kier alpha value is -2.90. The molecule has 0 bridgehead atoms. The Labute approximate surface area is 179 Å². The summed E-state index contributed by atoms with van der Waals surface area (Å²) in [6.07, 6.45) is 2.58. The lowest BCUT2D eigenvalue weighted by Crippen LogP contribution is -2.17. The van der Waals surface area contributed by atoms with E-state index in [0.29, 0.717) is 11.3 Å². The molecule has 0 spiro atoms. The van der Waals surface area contributed by atoms with Crippen LogP contribution >= 0.6 is 11.3 Å². The van der Waals surface area contributed by atoms with Gasteiger partial charge in [-0.3, -0.25) is 0 Å². The number of benzene rings is 2. The zero-order valence-electron chi connectivity index (χ0n) is 16.8. The molecular formula is C23H22N2O3S2. The summed E-state index contributed by atoms with van der Waals surface area (Å²) < 4.78 is 37.7. The van der Waals surface area contributed by atoms with Crippen LogP contribution in [0.2, 0.25) is 0 Å². The molecule has 154 valence electrons. The molecular weight excluding hydrogens is 416 g/mol. The second-order valence-electron chi connectivity index (χ2n) is 6.90. The first kappa shape index (κ1) is 20.4. The van der Waals surface area contributed by atoms with Crippen LogP contribution in [0.3, 0.4) is 0 Å². The lowest BCUT2D eigenvalue weighted by molar-refractivity contribution is 0.579. The van der Waals surface area contributed by atoms with E-state index in [9.17, 15) is 8.42 Å². The fourth-order valence-electron chi connectivity index (χ4n) is 3.45. The van der Waals surface area contributed by atoms with Gasteiger partial charge in [-0.15, -0.1) is 22.3 Å². The molecule has 30 heavy (non-hydrogen) atoms. The number of nitrogens with zero attached hydrogens (tertiary/aromatic N) is 2. The van der Waals surface area contributed by atoms with Crippen molar-refractivity contribution in [3.8, 4) is 11.3 Å². The maximum Gasteiger partial charge on any atom is 0.285 e. The summed E-state index contributed by atoms with van der Waals surface area (Å²) in [5.41, 5.74) is 3.67. The molecule has 4 aromatic rings. The number of hydrogen-bond donors (Lipinski definition) is 0. The van der Waals surface area contributed by atoms with Gasteiger partial charge in [0.2, 0.25) is 4.80 Å². The quantitative estimate of drug-likeness (QED) is 0.383. The SMILES string of the molecule is C=CCn1c(-c2c(C)oc3ccccc23)csc1=NS(=O)(=O)c1ccc(CC)cc1. The smallest absolute Gasteiger partial charge is 0.285 e. The first-order chi connectivity index (χ1) is 14.4. The van der Waals surface area contributed by atoms with Gasteiger partial charge in [0.05, 0.1) is 10.6 Å². The minimum Gasteiger partial charge on any atom is -0.461 e. The third-order valence-corrected chi connectivity index (χ3v) is 7.23. The molecule has 0 saturated heterocycles. The average molecular weight is 439 g/mol. The topological polar surface area (TPSA) is 64.6 Å². The summed E-state index contributed by atoms with van der Waals surface area (Å²) in [5.74, 6) is 0.774. The van der Waals surface area contributed by atoms with Gasteiger partial charge in [0.25, 0.3) is 10.0 Å². The molecule has 0 unspecified atom stereocenters. The molecule has 0 radical (unpaired) electrons. The van der Waals surface area contributed by atoms with Crippen LogP contribution in [0.25, 0.3) is 22.2 Å². The van der Waals surface area contributed by atoms with Crippen LogP contribution in [-0.4, -0.2) is 13.0 Å². The van der Waals surface area contributed by atoms with Crippen LogP contribution in [0.4, 0.5) is 0 Å².